The van der Waals surface area contributed by atoms with Gasteiger partial charge in [0.05, 0.1) is 18.0 Å². The third-order valence-corrected chi connectivity index (χ3v) is 4.74. The maximum Gasteiger partial charge on any atom is 0.227 e. The highest BCUT2D eigenvalue weighted by molar-refractivity contribution is 5.84. The molecule has 0 unspecified atom stereocenters. The maximum absolute atomic E-state index is 14.0. The predicted octanol–water partition coefficient (Wildman–Crippen LogP) is 2.99. The van der Waals surface area contributed by atoms with Gasteiger partial charge < -0.3 is 10.6 Å². The van der Waals surface area contributed by atoms with Gasteiger partial charge in [-0.2, -0.15) is 0 Å². The molecule has 2 aromatic carbocycles. The first-order valence-corrected chi connectivity index (χ1v) is 8.47. The summed E-state index contributed by atoms with van der Waals surface area (Å²) >= 11 is 0. The Morgan fingerprint density at radius 3 is 2.54 bits per heavy atom. The molecule has 0 radical (unpaired) electrons. The summed E-state index contributed by atoms with van der Waals surface area (Å²) in [6.45, 7) is 3.00. The van der Waals surface area contributed by atoms with Crippen LogP contribution in [0.2, 0.25) is 0 Å². The summed E-state index contributed by atoms with van der Waals surface area (Å²) in [5, 5.41) is 5.78. The molecule has 2 aromatic rings. The molecule has 0 spiro atoms. The van der Waals surface area contributed by atoms with Gasteiger partial charge in [-0.25, -0.2) is 8.78 Å². The van der Waals surface area contributed by atoms with E-state index in [1.54, 1.807) is 6.92 Å². The Bertz CT molecular complexity index is 853. The summed E-state index contributed by atoms with van der Waals surface area (Å²) in [4.78, 5) is 24.2. The van der Waals surface area contributed by atoms with Gasteiger partial charge in [-0.15, -0.1) is 0 Å². The summed E-state index contributed by atoms with van der Waals surface area (Å²) in [5.74, 6) is -2.78. The van der Waals surface area contributed by atoms with Gasteiger partial charge in [0.15, 0.2) is 0 Å². The number of hydrogen-bond acceptors (Lipinski definition) is 2. The van der Waals surface area contributed by atoms with Crippen LogP contribution in [-0.2, 0) is 16.0 Å². The molecule has 2 amide bonds. The van der Waals surface area contributed by atoms with Crippen LogP contribution in [0.4, 0.5) is 8.78 Å². The molecule has 3 rings (SSSR count). The van der Waals surface area contributed by atoms with Crippen molar-refractivity contribution < 1.29 is 18.4 Å². The monoisotopic (exact) mass is 358 g/mol. The lowest BCUT2D eigenvalue weighted by atomic mass is 9.98. The van der Waals surface area contributed by atoms with Crippen molar-refractivity contribution in [1.29, 1.82) is 0 Å². The van der Waals surface area contributed by atoms with Crippen LogP contribution in [0.1, 0.15) is 42.5 Å². The van der Waals surface area contributed by atoms with Crippen molar-refractivity contribution >= 4 is 11.8 Å². The zero-order chi connectivity index (χ0) is 18.8. The van der Waals surface area contributed by atoms with Gasteiger partial charge in [0.1, 0.15) is 11.6 Å². The molecule has 1 aliphatic rings. The third-order valence-electron chi connectivity index (χ3n) is 4.74. The van der Waals surface area contributed by atoms with Crippen LogP contribution in [0, 0.1) is 11.6 Å². The zero-order valence-electron chi connectivity index (χ0n) is 14.6. The van der Waals surface area contributed by atoms with E-state index in [0.717, 1.165) is 23.3 Å². The summed E-state index contributed by atoms with van der Waals surface area (Å²) in [5.41, 5.74) is 2.15. The van der Waals surface area contributed by atoms with Gasteiger partial charge in [-0.3, -0.25) is 9.59 Å². The summed E-state index contributed by atoms with van der Waals surface area (Å²) in [6.07, 6.45) is 0.575. The minimum Gasteiger partial charge on any atom is -0.350 e. The summed E-state index contributed by atoms with van der Waals surface area (Å²) in [6, 6.07) is 10.2. The summed E-state index contributed by atoms with van der Waals surface area (Å²) in [7, 11) is 0. The quantitative estimate of drug-likeness (QED) is 0.883. The summed E-state index contributed by atoms with van der Waals surface area (Å²) < 4.78 is 27.0. The Hall–Kier alpha value is -2.76. The smallest absolute Gasteiger partial charge is 0.227 e. The number of carbonyl (C=O) groups excluding carboxylic acids is 2. The Kier molecular flexibility index (Phi) is 5.02. The molecule has 136 valence electrons. The van der Waals surface area contributed by atoms with Crippen molar-refractivity contribution in [3.63, 3.8) is 0 Å². The molecule has 0 bridgehead atoms. The average molecular weight is 358 g/mol. The van der Waals surface area contributed by atoms with E-state index in [1.807, 2.05) is 24.3 Å². The standard InChI is InChI=1S/C20H20F2N2O2/c1-11(15-8-7-14(21)10-17(15)22)20(26)24-18-9-13-5-3-4-6-16(13)19(18)23-12(2)25/h3-8,10-11,18-19H,9H2,1-2H3,(H,23,25)(H,24,26)/t11-,18-,19-/m0/s1. The highest BCUT2D eigenvalue weighted by Crippen LogP contribution is 2.32. The van der Waals surface area contributed by atoms with Crippen molar-refractivity contribution in [3.8, 4) is 0 Å². The minimum atomic E-state index is -0.780. The van der Waals surface area contributed by atoms with E-state index in [2.05, 4.69) is 10.6 Å². The highest BCUT2D eigenvalue weighted by Gasteiger charge is 2.35. The molecule has 0 saturated carbocycles. The fourth-order valence-electron chi connectivity index (χ4n) is 3.43. The average Bonchev–Trinajstić information content (AvgIpc) is 2.91. The Labute approximate surface area is 150 Å². The van der Waals surface area contributed by atoms with Gasteiger partial charge in [-0.1, -0.05) is 30.3 Å². The number of benzene rings is 2. The number of hydrogen-bond donors (Lipinski definition) is 2. The first-order valence-electron chi connectivity index (χ1n) is 8.47. The second-order valence-electron chi connectivity index (χ2n) is 6.58. The lowest BCUT2D eigenvalue weighted by molar-refractivity contribution is -0.124. The lowest BCUT2D eigenvalue weighted by Gasteiger charge is -2.24. The largest absolute Gasteiger partial charge is 0.350 e. The topological polar surface area (TPSA) is 58.2 Å². The zero-order valence-corrected chi connectivity index (χ0v) is 14.6. The number of carbonyl (C=O) groups is 2. The van der Waals surface area contributed by atoms with E-state index in [-0.39, 0.29) is 29.5 Å². The lowest BCUT2D eigenvalue weighted by Crippen LogP contribution is -2.45. The predicted molar refractivity (Wildman–Crippen MR) is 93.4 cm³/mol. The van der Waals surface area contributed by atoms with E-state index >= 15 is 0 Å². The van der Waals surface area contributed by atoms with Crippen LogP contribution in [0.15, 0.2) is 42.5 Å². The second-order valence-corrected chi connectivity index (χ2v) is 6.58. The van der Waals surface area contributed by atoms with E-state index < -0.39 is 17.6 Å². The van der Waals surface area contributed by atoms with Crippen molar-refractivity contribution in [2.24, 2.45) is 0 Å². The number of amides is 2. The molecule has 0 aromatic heterocycles. The van der Waals surface area contributed by atoms with Gasteiger partial charge in [0, 0.05) is 18.6 Å². The van der Waals surface area contributed by atoms with Crippen LogP contribution in [0.3, 0.4) is 0 Å². The Balaban J connectivity index is 1.78. The van der Waals surface area contributed by atoms with Crippen molar-refractivity contribution in [2.45, 2.75) is 38.3 Å². The van der Waals surface area contributed by atoms with E-state index in [1.165, 1.54) is 13.0 Å². The molecule has 0 saturated heterocycles. The fourth-order valence-corrected chi connectivity index (χ4v) is 3.43. The van der Waals surface area contributed by atoms with Gasteiger partial charge >= 0.3 is 0 Å². The Morgan fingerprint density at radius 2 is 1.85 bits per heavy atom. The first-order chi connectivity index (χ1) is 12.4. The van der Waals surface area contributed by atoms with Crippen molar-refractivity contribution in [3.05, 3.63) is 70.8 Å². The molecule has 0 aliphatic heterocycles. The molecular weight excluding hydrogens is 338 g/mol. The maximum atomic E-state index is 14.0. The van der Waals surface area contributed by atoms with Crippen LogP contribution in [0.25, 0.3) is 0 Å². The van der Waals surface area contributed by atoms with Gasteiger partial charge in [-0.05, 0) is 30.5 Å². The van der Waals surface area contributed by atoms with Crippen molar-refractivity contribution in [1.82, 2.24) is 10.6 Å². The molecule has 0 heterocycles. The Morgan fingerprint density at radius 1 is 1.12 bits per heavy atom. The van der Waals surface area contributed by atoms with E-state index in [9.17, 15) is 18.4 Å². The van der Waals surface area contributed by atoms with Crippen LogP contribution < -0.4 is 10.6 Å². The number of rotatable bonds is 4. The molecule has 4 nitrogen and oxygen atoms in total. The van der Waals surface area contributed by atoms with Crippen LogP contribution >= 0.6 is 0 Å². The van der Waals surface area contributed by atoms with E-state index in [4.69, 9.17) is 0 Å². The fraction of sp³-hybridized carbons (Fsp3) is 0.300. The minimum absolute atomic E-state index is 0.135. The third kappa shape index (κ3) is 3.59. The van der Waals surface area contributed by atoms with Gasteiger partial charge in [0.2, 0.25) is 11.8 Å². The molecule has 6 heteroatoms. The number of halogens is 2. The molecule has 2 N–H and O–H groups in total. The SMILES string of the molecule is CC(=O)N[C@H]1c2ccccc2C[C@@H]1NC(=O)[C@@H](C)c1ccc(F)cc1F. The van der Waals surface area contributed by atoms with E-state index in [0.29, 0.717) is 6.42 Å². The first kappa shape index (κ1) is 18.0. The second kappa shape index (κ2) is 7.23. The number of fused-ring (bicyclic) bond motifs is 1. The van der Waals surface area contributed by atoms with Crippen molar-refractivity contribution in [2.75, 3.05) is 0 Å². The van der Waals surface area contributed by atoms with Crippen LogP contribution in [-0.4, -0.2) is 17.9 Å². The highest BCUT2D eigenvalue weighted by atomic mass is 19.1. The molecule has 1 aliphatic carbocycles. The molecular formula is C20H20F2N2O2. The molecule has 3 atom stereocenters. The molecule has 0 fully saturated rings. The molecule has 26 heavy (non-hydrogen) atoms. The van der Waals surface area contributed by atoms with Gasteiger partial charge in [0.25, 0.3) is 0 Å². The normalized spacial score (nSPS) is 19.5. The van der Waals surface area contributed by atoms with Crippen LogP contribution in [0.5, 0.6) is 0 Å². The number of nitrogens with one attached hydrogen (secondary N) is 2.